The minimum atomic E-state index is -1.91. The number of amidine groups is 1. The van der Waals surface area contributed by atoms with Crippen LogP contribution in [0.4, 0.5) is 4.39 Å². The van der Waals surface area contributed by atoms with Crippen molar-refractivity contribution in [2.75, 3.05) is 5.75 Å². The standard InChI is InChI=1S/C23H26FN5O2S/c1-22(2,24)20(30)28-15-4-6-19-17(8-15)23(11-32-21(25)29-23)16-7-13(3-5-18(16)31-19)14-9-26-12-27-10-14/h3,5,7,9-10,12,15,17,19H,4,6,8,11H2,1-2H3,(H2,25,29)(H,28,30)/t15-,17?,19-,23?/m0/s1. The van der Waals surface area contributed by atoms with Gasteiger partial charge in [-0.2, -0.15) is 0 Å². The van der Waals surface area contributed by atoms with E-state index in [2.05, 4.69) is 21.4 Å². The number of nitrogens with one attached hydrogen (secondary N) is 1. The first kappa shape index (κ1) is 21.2. The molecule has 9 heteroatoms. The molecular weight excluding hydrogens is 429 g/mol. The normalized spacial score (nSPS) is 29.0. The van der Waals surface area contributed by atoms with Crippen LogP contribution in [0.2, 0.25) is 0 Å². The Bertz CT molecular complexity index is 1070. The minimum Gasteiger partial charge on any atom is -0.490 e. The molecule has 1 aliphatic carbocycles. The maximum Gasteiger partial charge on any atom is 0.257 e. The fourth-order valence-electron chi connectivity index (χ4n) is 5.01. The number of aliphatic imine (C=N–C) groups is 1. The number of aromatic nitrogens is 2. The average molecular weight is 456 g/mol. The quantitative estimate of drug-likeness (QED) is 0.737. The van der Waals surface area contributed by atoms with E-state index >= 15 is 0 Å². The van der Waals surface area contributed by atoms with E-state index in [9.17, 15) is 9.18 Å². The summed E-state index contributed by atoms with van der Waals surface area (Å²) in [6.07, 6.45) is 7.18. The lowest BCUT2D eigenvalue weighted by molar-refractivity contribution is -0.132. The molecule has 2 unspecified atom stereocenters. The lowest BCUT2D eigenvalue weighted by Gasteiger charge is -2.49. The first-order valence-corrected chi connectivity index (χ1v) is 11.8. The maximum atomic E-state index is 14.1. The van der Waals surface area contributed by atoms with Gasteiger partial charge in [0.05, 0.1) is 0 Å². The summed E-state index contributed by atoms with van der Waals surface area (Å²) in [6.45, 7) is 2.56. The van der Waals surface area contributed by atoms with E-state index in [0.29, 0.717) is 17.3 Å². The highest BCUT2D eigenvalue weighted by atomic mass is 32.2. The largest absolute Gasteiger partial charge is 0.490 e. The summed E-state index contributed by atoms with van der Waals surface area (Å²) in [6, 6.07) is 5.97. The van der Waals surface area contributed by atoms with Crippen LogP contribution in [0.3, 0.4) is 0 Å². The number of fused-ring (bicyclic) bond motifs is 4. The molecule has 1 amide bonds. The van der Waals surface area contributed by atoms with Crippen molar-refractivity contribution >= 4 is 22.8 Å². The molecule has 3 aliphatic rings. The molecule has 0 saturated heterocycles. The molecule has 2 aromatic rings. The van der Waals surface area contributed by atoms with E-state index in [1.54, 1.807) is 24.2 Å². The molecule has 2 aliphatic heterocycles. The second-order valence-corrected chi connectivity index (χ2v) is 10.2. The van der Waals surface area contributed by atoms with Gasteiger partial charge in [0.1, 0.15) is 23.7 Å². The predicted octanol–water partition coefficient (Wildman–Crippen LogP) is 3.19. The number of carbonyl (C=O) groups excluding carboxylic acids is 1. The molecular formula is C23H26FN5O2S. The van der Waals surface area contributed by atoms with Crippen LogP contribution in [0.5, 0.6) is 5.75 Å². The minimum absolute atomic E-state index is 0.0209. The predicted molar refractivity (Wildman–Crippen MR) is 122 cm³/mol. The van der Waals surface area contributed by atoms with Gasteiger partial charge in [-0.25, -0.2) is 19.4 Å². The summed E-state index contributed by atoms with van der Waals surface area (Å²) in [5.41, 5.74) is 6.60. The summed E-state index contributed by atoms with van der Waals surface area (Å²) in [5, 5.41) is 3.45. The molecule has 0 radical (unpaired) electrons. The number of hydrogen-bond acceptors (Lipinski definition) is 7. The van der Waals surface area contributed by atoms with E-state index in [4.69, 9.17) is 15.5 Å². The average Bonchev–Trinajstić information content (AvgIpc) is 3.16. The molecule has 7 nitrogen and oxygen atoms in total. The number of thioether (sulfide) groups is 1. The van der Waals surface area contributed by atoms with Gasteiger partial charge >= 0.3 is 0 Å². The number of alkyl halides is 1. The Morgan fingerprint density at radius 2 is 2.06 bits per heavy atom. The van der Waals surface area contributed by atoms with Gasteiger partial charge in [-0.3, -0.25) is 4.79 Å². The number of nitrogens with two attached hydrogens (primary N) is 1. The summed E-state index contributed by atoms with van der Waals surface area (Å²) in [7, 11) is 0. The fourth-order valence-corrected chi connectivity index (χ4v) is 6.04. The van der Waals surface area contributed by atoms with Crippen LogP contribution in [0, 0.1) is 5.92 Å². The summed E-state index contributed by atoms with van der Waals surface area (Å²) in [4.78, 5) is 25.5. The molecule has 1 aromatic carbocycles. The second kappa shape index (κ2) is 7.72. The van der Waals surface area contributed by atoms with Crippen LogP contribution in [0.25, 0.3) is 11.1 Å². The zero-order valence-electron chi connectivity index (χ0n) is 18.0. The lowest BCUT2D eigenvalue weighted by Crippen LogP contribution is -2.55. The van der Waals surface area contributed by atoms with Crippen molar-refractivity contribution in [2.24, 2.45) is 16.6 Å². The number of nitrogens with zero attached hydrogens (tertiary/aromatic N) is 3. The van der Waals surface area contributed by atoms with E-state index in [0.717, 1.165) is 35.3 Å². The number of carbonyl (C=O) groups is 1. The summed E-state index contributed by atoms with van der Waals surface area (Å²) >= 11 is 1.54. The van der Waals surface area contributed by atoms with Gasteiger partial charge in [0, 0.05) is 41.2 Å². The first-order chi connectivity index (χ1) is 15.3. The second-order valence-electron chi connectivity index (χ2n) is 9.22. The fraction of sp³-hybridized carbons (Fsp3) is 0.478. The highest BCUT2D eigenvalue weighted by molar-refractivity contribution is 8.14. The van der Waals surface area contributed by atoms with Crippen molar-refractivity contribution < 1.29 is 13.9 Å². The number of rotatable bonds is 3. The lowest BCUT2D eigenvalue weighted by atomic mass is 9.67. The molecule has 0 bridgehead atoms. The van der Waals surface area contributed by atoms with Gasteiger partial charge in [-0.05, 0) is 50.8 Å². The van der Waals surface area contributed by atoms with Crippen LogP contribution >= 0.6 is 11.8 Å². The van der Waals surface area contributed by atoms with Crippen LogP contribution in [-0.2, 0) is 10.3 Å². The molecule has 4 atom stereocenters. The Balaban J connectivity index is 1.52. The Kier molecular flexibility index (Phi) is 5.11. The third-order valence-corrected chi connectivity index (χ3v) is 7.61. The maximum absolute atomic E-state index is 14.1. The molecule has 32 heavy (non-hydrogen) atoms. The van der Waals surface area contributed by atoms with Crippen LogP contribution in [0.15, 0.2) is 41.9 Å². The highest BCUT2D eigenvalue weighted by Crippen LogP contribution is 2.54. The van der Waals surface area contributed by atoms with Crippen molar-refractivity contribution in [3.63, 3.8) is 0 Å². The van der Waals surface area contributed by atoms with Crippen molar-refractivity contribution in [3.05, 3.63) is 42.5 Å². The molecule has 168 valence electrons. The number of amides is 1. The van der Waals surface area contributed by atoms with E-state index < -0.39 is 17.1 Å². The SMILES string of the molecule is CC(C)(F)C(=O)N[C@H]1CC[C@@H]2Oc3ccc(-c4cncnc4)cc3C3(CSC(N)=N3)C2C1. The molecule has 1 saturated carbocycles. The molecule has 1 fully saturated rings. The monoisotopic (exact) mass is 455 g/mol. The topological polar surface area (TPSA) is 102 Å². The third kappa shape index (κ3) is 3.62. The molecule has 1 aromatic heterocycles. The van der Waals surface area contributed by atoms with E-state index in [1.165, 1.54) is 20.2 Å². The van der Waals surface area contributed by atoms with Crippen LogP contribution in [0.1, 0.15) is 38.7 Å². The Morgan fingerprint density at radius 1 is 1.28 bits per heavy atom. The van der Waals surface area contributed by atoms with Gasteiger partial charge in [-0.15, -0.1) is 0 Å². The Labute approximate surface area is 190 Å². The highest BCUT2D eigenvalue weighted by Gasteiger charge is 2.55. The van der Waals surface area contributed by atoms with Gasteiger partial charge < -0.3 is 15.8 Å². The van der Waals surface area contributed by atoms with Gasteiger partial charge in [0.2, 0.25) is 0 Å². The van der Waals surface area contributed by atoms with Crippen molar-refractivity contribution in [1.82, 2.24) is 15.3 Å². The van der Waals surface area contributed by atoms with E-state index in [1.807, 2.05) is 12.1 Å². The number of halogens is 1. The third-order valence-electron chi connectivity index (χ3n) is 6.64. The number of benzene rings is 1. The van der Waals surface area contributed by atoms with Crippen molar-refractivity contribution in [3.8, 4) is 16.9 Å². The molecule has 3 heterocycles. The molecule has 3 N–H and O–H groups in total. The smallest absolute Gasteiger partial charge is 0.257 e. The molecule has 1 spiro atoms. The van der Waals surface area contributed by atoms with Crippen molar-refractivity contribution in [1.29, 1.82) is 0 Å². The summed E-state index contributed by atoms with van der Waals surface area (Å²) in [5.74, 6) is 0.966. The summed E-state index contributed by atoms with van der Waals surface area (Å²) < 4.78 is 20.6. The Hall–Kier alpha value is -2.68. The van der Waals surface area contributed by atoms with Crippen molar-refractivity contribution in [2.45, 2.75) is 56.5 Å². The van der Waals surface area contributed by atoms with Gasteiger partial charge in [-0.1, -0.05) is 17.8 Å². The number of ether oxygens (including phenoxy) is 1. The number of hydrogen-bond donors (Lipinski definition) is 2. The first-order valence-electron chi connectivity index (χ1n) is 10.8. The van der Waals surface area contributed by atoms with Crippen LogP contribution < -0.4 is 15.8 Å². The van der Waals surface area contributed by atoms with E-state index in [-0.39, 0.29) is 18.1 Å². The van der Waals surface area contributed by atoms with Gasteiger partial charge in [0.15, 0.2) is 10.8 Å². The zero-order chi connectivity index (χ0) is 22.5. The van der Waals surface area contributed by atoms with Crippen LogP contribution in [-0.4, -0.2) is 44.6 Å². The molecule has 5 rings (SSSR count). The zero-order valence-corrected chi connectivity index (χ0v) is 18.9. The Morgan fingerprint density at radius 3 is 2.75 bits per heavy atom. The van der Waals surface area contributed by atoms with Gasteiger partial charge in [0.25, 0.3) is 5.91 Å².